The largest absolute Gasteiger partial charge is 0.505 e. The Morgan fingerprint density at radius 3 is 2.60 bits per heavy atom. The second-order valence-electron chi connectivity index (χ2n) is 6.63. The van der Waals surface area contributed by atoms with Crippen molar-refractivity contribution in [2.75, 3.05) is 19.4 Å². The van der Waals surface area contributed by atoms with E-state index in [0.717, 1.165) is 4.47 Å². The van der Waals surface area contributed by atoms with Crippen molar-refractivity contribution in [3.63, 3.8) is 0 Å². The highest BCUT2D eigenvalue weighted by molar-refractivity contribution is 9.10. The fraction of sp³-hybridized carbons (Fsp3) is 0.278. The van der Waals surface area contributed by atoms with Gasteiger partial charge in [-0.1, -0.05) is 13.0 Å². The highest BCUT2D eigenvalue weighted by Crippen LogP contribution is 2.29. The van der Waals surface area contributed by atoms with Gasteiger partial charge >= 0.3 is 10.2 Å². The SMILES string of the molecule is CC[C@@H](NC1=NS(=O)(=O)N=C1Nc1cccc(C(=O)N(C)C)c1O)c1cc(Br)co1. The van der Waals surface area contributed by atoms with Crippen LogP contribution in [0.2, 0.25) is 0 Å². The molecule has 3 N–H and O–H groups in total. The Hall–Kier alpha value is -2.86. The van der Waals surface area contributed by atoms with Crippen LogP contribution >= 0.6 is 15.9 Å². The minimum atomic E-state index is -4.09. The number of hydrogen-bond donors (Lipinski definition) is 3. The van der Waals surface area contributed by atoms with Crippen LogP contribution in [0.4, 0.5) is 5.69 Å². The minimum Gasteiger partial charge on any atom is -0.505 e. The average molecular weight is 498 g/mol. The number of halogens is 1. The number of rotatable bonds is 5. The van der Waals surface area contributed by atoms with Crippen LogP contribution in [0.25, 0.3) is 0 Å². The Morgan fingerprint density at radius 2 is 2.00 bits per heavy atom. The number of furan rings is 1. The number of amidine groups is 2. The molecule has 1 aliphatic heterocycles. The second kappa shape index (κ2) is 8.48. The lowest BCUT2D eigenvalue weighted by atomic mass is 10.1. The molecule has 0 bridgehead atoms. The summed E-state index contributed by atoms with van der Waals surface area (Å²) in [5.74, 6) is -0.290. The Balaban J connectivity index is 1.89. The van der Waals surface area contributed by atoms with Gasteiger partial charge in [0.05, 0.1) is 21.8 Å². The van der Waals surface area contributed by atoms with Crippen molar-refractivity contribution in [1.82, 2.24) is 10.2 Å². The van der Waals surface area contributed by atoms with Crippen LogP contribution in [0.1, 0.15) is 35.5 Å². The minimum absolute atomic E-state index is 0.0295. The first-order valence-electron chi connectivity index (χ1n) is 8.87. The van der Waals surface area contributed by atoms with Gasteiger partial charge in [0.15, 0.2) is 17.4 Å². The topological polar surface area (TPSA) is 137 Å². The van der Waals surface area contributed by atoms with Crippen molar-refractivity contribution in [3.8, 4) is 5.75 Å². The van der Waals surface area contributed by atoms with E-state index in [2.05, 4.69) is 35.4 Å². The highest BCUT2D eigenvalue weighted by atomic mass is 79.9. The Bertz CT molecular complexity index is 1140. The second-order valence-corrected chi connectivity index (χ2v) is 8.80. The van der Waals surface area contributed by atoms with Crippen LogP contribution in [0.15, 0.2) is 48.2 Å². The van der Waals surface area contributed by atoms with Crippen molar-refractivity contribution in [2.24, 2.45) is 8.80 Å². The third-order valence-corrected chi connectivity index (χ3v) is 5.46. The molecule has 0 spiro atoms. The third-order valence-electron chi connectivity index (χ3n) is 4.21. The summed E-state index contributed by atoms with van der Waals surface area (Å²) in [5.41, 5.74) is 0.173. The molecule has 30 heavy (non-hydrogen) atoms. The van der Waals surface area contributed by atoms with Gasteiger partial charge in [0.2, 0.25) is 0 Å². The number of hydrogen-bond acceptors (Lipinski definition) is 7. The zero-order chi connectivity index (χ0) is 22.1. The smallest absolute Gasteiger partial charge is 0.367 e. The first kappa shape index (κ1) is 21.8. The van der Waals surface area contributed by atoms with E-state index in [4.69, 9.17) is 4.42 Å². The molecule has 12 heteroatoms. The molecule has 1 amide bonds. The molecule has 2 aromatic rings. The van der Waals surface area contributed by atoms with E-state index in [1.807, 2.05) is 6.92 Å². The fourth-order valence-corrected chi connectivity index (χ4v) is 3.84. The zero-order valence-electron chi connectivity index (χ0n) is 16.4. The molecule has 0 aliphatic carbocycles. The number of carbonyl (C=O) groups is 1. The van der Waals surface area contributed by atoms with Crippen molar-refractivity contribution >= 4 is 49.4 Å². The molecule has 0 unspecified atom stereocenters. The number of nitrogens with one attached hydrogen (secondary N) is 2. The van der Waals surface area contributed by atoms with Gasteiger partial charge in [-0.3, -0.25) is 4.79 Å². The molecule has 0 fully saturated rings. The number of carbonyl (C=O) groups excluding carboxylic acids is 1. The van der Waals surface area contributed by atoms with Gasteiger partial charge < -0.3 is 25.1 Å². The van der Waals surface area contributed by atoms with Crippen LogP contribution in [0.3, 0.4) is 0 Å². The monoisotopic (exact) mass is 497 g/mol. The van der Waals surface area contributed by atoms with Gasteiger partial charge in [0, 0.05) is 14.1 Å². The summed E-state index contributed by atoms with van der Waals surface area (Å²) in [6.45, 7) is 1.89. The highest BCUT2D eigenvalue weighted by Gasteiger charge is 2.28. The predicted octanol–water partition coefficient (Wildman–Crippen LogP) is 2.66. The molecule has 1 aromatic carbocycles. The number of para-hydroxylation sites is 1. The van der Waals surface area contributed by atoms with E-state index < -0.39 is 16.1 Å². The number of benzene rings is 1. The summed E-state index contributed by atoms with van der Waals surface area (Å²) in [5, 5.41) is 16.3. The molecule has 0 radical (unpaired) electrons. The maximum absolute atomic E-state index is 12.2. The molecule has 2 heterocycles. The molecule has 1 atom stereocenters. The maximum atomic E-state index is 12.2. The van der Waals surface area contributed by atoms with Crippen LogP contribution in [0.5, 0.6) is 5.75 Å². The third kappa shape index (κ3) is 4.65. The van der Waals surface area contributed by atoms with Crippen molar-refractivity contribution in [2.45, 2.75) is 19.4 Å². The van der Waals surface area contributed by atoms with Crippen molar-refractivity contribution < 1.29 is 22.7 Å². The molecular formula is C18H20BrN5O5S. The fourth-order valence-electron chi connectivity index (χ4n) is 2.75. The lowest BCUT2D eigenvalue weighted by molar-refractivity contribution is 0.0824. The molecule has 1 aliphatic rings. The van der Waals surface area contributed by atoms with Crippen molar-refractivity contribution in [3.05, 3.63) is 46.3 Å². The molecule has 0 saturated carbocycles. The van der Waals surface area contributed by atoms with Crippen LogP contribution in [0, 0.1) is 0 Å². The summed E-state index contributed by atoms with van der Waals surface area (Å²) < 4.78 is 37.4. The zero-order valence-corrected chi connectivity index (χ0v) is 18.8. The number of phenols is 1. The molecule has 10 nitrogen and oxygen atoms in total. The van der Waals surface area contributed by atoms with Gasteiger partial charge in [-0.15, -0.1) is 8.80 Å². The molecule has 160 valence electrons. The quantitative estimate of drug-likeness (QED) is 0.539. The maximum Gasteiger partial charge on any atom is 0.367 e. The van der Waals surface area contributed by atoms with Gasteiger partial charge in [0.1, 0.15) is 12.0 Å². The van der Waals surface area contributed by atoms with E-state index in [0.29, 0.717) is 12.2 Å². The van der Waals surface area contributed by atoms with E-state index in [9.17, 15) is 18.3 Å². The average Bonchev–Trinajstić information content (AvgIpc) is 3.23. The standard InChI is InChI=1S/C18H20BrN5O5S/c1-4-12(14-8-10(19)9-29-14)20-16-17(23-30(27,28)22-16)21-13-7-5-6-11(15(13)25)18(26)24(2)3/h5-9,12,25H,4H2,1-3H3,(H,20,22)(H,21,23)/t12-/m1/s1. The predicted molar refractivity (Wildman–Crippen MR) is 116 cm³/mol. The van der Waals surface area contributed by atoms with E-state index in [1.165, 1.54) is 23.3 Å². The number of phenolic OH excluding ortho intramolecular Hbond substituents is 1. The summed E-state index contributed by atoms with van der Waals surface area (Å²) in [4.78, 5) is 13.5. The number of anilines is 1. The molecule has 3 rings (SSSR count). The van der Waals surface area contributed by atoms with E-state index >= 15 is 0 Å². The lowest BCUT2D eigenvalue weighted by Gasteiger charge is -2.18. The Labute approximate surface area is 182 Å². The lowest BCUT2D eigenvalue weighted by Crippen LogP contribution is -2.36. The first-order valence-corrected chi connectivity index (χ1v) is 11.1. The number of nitrogens with zero attached hydrogens (tertiary/aromatic N) is 3. The Kier molecular flexibility index (Phi) is 6.17. The summed E-state index contributed by atoms with van der Waals surface area (Å²) in [6.07, 6.45) is 2.09. The molecule has 1 aromatic heterocycles. The normalized spacial score (nSPS) is 15.9. The van der Waals surface area contributed by atoms with Gasteiger partial charge in [-0.2, -0.15) is 8.42 Å². The van der Waals surface area contributed by atoms with Gasteiger partial charge in [-0.05, 0) is 40.5 Å². The van der Waals surface area contributed by atoms with Crippen LogP contribution < -0.4 is 10.6 Å². The van der Waals surface area contributed by atoms with Crippen LogP contribution in [-0.4, -0.2) is 50.1 Å². The number of aromatic hydroxyl groups is 1. The van der Waals surface area contributed by atoms with Gasteiger partial charge in [0.25, 0.3) is 5.91 Å². The summed E-state index contributed by atoms with van der Waals surface area (Å²) in [7, 11) is -0.979. The molecular weight excluding hydrogens is 478 g/mol. The van der Waals surface area contributed by atoms with Gasteiger partial charge in [-0.25, -0.2) is 0 Å². The number of amides is 1. The summed E-state index contributed by atoms with van der Waals surface area (Å²) in [6, 6.07) is 5.91. The first-order chi connectivity index (χ1) is 14.1. The summed E-state index contributed by atoms with van der Waals surface area (Å²) >= 11 is 3.31. The van der Waals surface area contributed by atoms with E-state index in [-0.39, 0.29) is 34.7 Å². The van der Waals surface area contributed by atoms with E-state index in [1.54, 1.807) is 26.2 Å². The van der Waals surface area contributed by atoms with Crippen molar-refractivity contribution in [1.29, 1.82) is 0 Å². The van der Waals surface area contributed by atoms with Crippen LogP contribution in [-0.2, 0) is 10.2 Å². The molecule has 0 saturated heterocycles. The Morgan fingerprint density at radius 1 is 1.30 bits per heavy atom.